The second-order valence-electron chi connectivity index (χ2n) is 3.56. The molecule has 0 saturated heterocycles. The molecule has 0 aromatic heterocycles. The molecule has 0 unspecified atom stereocenters. The topological polar surface area (TPSA) is 103 Å². The molecule has 1 aromatic rings. The van der Waals surface area contributed by atoms with Crippen LogP contribution in [0.2, 0.25) is 0 Å². The smallest absolute Gasteiger partial charge is 0.175 e. The van der Waals surface area contributed by atoms with Crippen molar-refractivity contribution in [2.45, 2.75) is 4.90 Å². The summed E-state index contributed by atoms with van der Waals surface area (Å²) in [5, 5.41) is 19.9. The standard InChI is InChI=1S/C12H11N3O3S/c1-18-12-4-3-10(19(2,16)17)5-11(12)15-8-9(6-13)7-14/h3-5,8,15H,1-2H3. The summed E-state index contributed by atoms with van der Waals surface area (Å²) in [6.07, 6.45) is 2.27. The van der Waals surface area contributed by atoms with Crippen LogP contribution < -0.4 is 10.1 Å². The van der Waals surface area contributed by atoms with E-state index in [4.69, 9.17) is 15.3 Å². The molecule has 0 bridgehead atoms. The maximum absolute atomic E-state index is 11.4. The molecular formula is C12H11N3O3S. The fraction of sp³-hybridized carbons (Fsp3) is 0.167. The summed E-state index contributed by atoms with van der Waals surface area (Å²) in [4.78, 5) is 0.111. The molecule has 0 fully saturated rings. The molecule has 0 saturated carbocycles. The van der Waals surface area contributed by atoms with Crippen LogP contribution in [0.25, 0.3) is 0 Å². The SMILES string of the molecule is COc1ccc(S(C)(=O)=O)cc1NC=C(C#N)C#N. The van der Waals surface area contributed by atoms with E-state index in [-0.39, 0.29) is 10.5 Å². The quantitative estimate of drug-likeness (QED) is 0.835. The van der Waals surface area contributed by atoms with Crippen LogP contribution in [0.4, 0.5) is 5.69 Å². The Morgan fingerprint density at radius 1 is 1.37 bits per heavy atom. The van der Waals surface area contributed by atoms with Crippen molar-refractivity contribution >= 4 is 15.5 Å². The van der Waals surface area contributed by atoms with Crippen molar-refractivity contribution in [1.29, 1.82) is 10.5 Å². The van der Waals surface area contributed by atoms with Gasteiger partial charge in [-0.1, -0.05) is 0 Å². The maximum atomic E-state index is 11.4. The van der Waals surface area contributed by atoms with Gasteiger partial charge in [0.05, 0.1) is 17.7 Å². The zero-order valence-electron chi connectivity index (χ0n) is 10.3. The predicted molar refractivity (Wildman–Crippen MR) is 69.0 cm³/mol. The first-order valence-electron chi connectivity index (χ1n) is 5.07. The van der Waals surface area contributed by atoms with Crippen molar-refractivity contribution in [3.63, 3.8) is 0 Å². The molecule has 1 aromatic carbocycles. The lowest BCUT2D eigenvalue weighted by Crippen LogP contribution is -2.00. The van der Waals surface area contributed by atoms with Crippen LogP contribution in [0.1, 0.15) is 0 Å². The first kappa shape index (κ1) is 14.6. The highest BCUT2D eigenvalue weighted by molar-refractivity contribution is 7.90. The minimum atomic E-state index is -3.35. The summed E-state index contributed by atoms with van der Waals surface area (Å²) >= 11 is 0. The van der Waals surface area contributed by atoms with Crippen molar-refractivity contribution in [3.8, 4) is 17.9 Å². The van der Waals surface area contributed by atoms with E-state index in [9.17, 15) is 8.42 Å². The number of allylic oxidation sites excluding steroid dienone is 1. The average Bonchev–Trinajstić information content (AvgIpc) is 2.38. The van der Waals surface area contributed by atoms with Gasteiger partial charge in [0.1, 0.15) is 23.5 Å². The number of benzene rings is 1. The summed E-state index contributed by atoms with van der Waals surface area (Å²) in [5.74, 6) is 0.402. The van der Waals surface area contributed by atoms with E-state index in [1.165, 1.54) is 31.5 Å². The Morgan fingerprint density at radius 3 is 2.47 bits per heavy atom. The molecule has 19 heavy (non-hydrogen) atoms. The van der Waals surface area contributed by atoms with Gasteiger partial charge in [-0.05, 0) is 18.2 Å². The highest BCUT2D eigenvalue weighted by Gasteiger charge is 2.11. The third-order valence-electron chi connectivity index (χ3n) is 2.21. The van der Waals surface area contributed by atoms with Gasteiger partial charge in [-0.15, -0.1) is 0 Å². The number of methoxy groups -OCH3 is 1. The fourth-order valence-electron chi connectivity index (χ4n) is 1.27. The van der Waals surface area contributed by atoms with Crippen molar-refractivity contribution in [1.82, 2.24) is 0 Å². The maximum Gasteiger partial charge on any atom is 0.175 e. The van der Waals surface area contributed by atoms with E-state index >= 15 is 0 Å². The molecule has 0 amide bonds. The van der Waals surface area contributed by atoms with E-state index < -0.39 is 9.84 Å². The van der Waals surface area contributed by atoms with Gasteiger partial charge in [-0.3, -0.25) is 0 Å². The van der Waals surface area contributed by atoms with E-state index in [1.54, 1.807) is 12.1 Å². The molecule has 98 valence electrons. The summed E-state index contributed by atoms with van der Waals surface area (Å²) < 4.78 is 28.0. The minimum Gasteiger partial charge on any atom is -0.495 e. The molecule has 0 radical (unpaired) electrons. The number of nitriles is 2. The Morgan fingerprint density at radius 2 is 2.00 bits per heavy atom. The number of nitrogens with one attached hydrogen (secondary N) is 1. The second-order valence-corrected chi connectivity index (χ2v) is 5.58. The van der Waals surface area contributed by atoms with Crippen molar-refractivity contribution < 1.29 is 13.2 Å². The minimum absolute atomic E-state index is 0.111. The lowest BCUT2D eigenvalue weighted by molar-refractivity contribution is 0.416. The second kappa shape index (κ2) is 5.89. The number of hydrogen-bond donors (Lipinski definition) is 1. The zero-order chi connectivity index (χ0) is 14.5. The van der Waals surface area contributed by atoms with Crippen LogP contribution in [0, 0.1) is 22.7 Å². The number of rotatable bonds is 4. The summed E-state index contributed by atoms with van der Waals surface area (Å²) in [6.45, 7) is 0. The number of nitrogens with zero attached hydrogens (tertiary/aromatic N) is 2. The monoisotopic (exact) mass is 277 g/mol. The average molecular weight is 277 g/mol. The number of hydrogen-bond acceptors (Lipinski definition) is 6. The van der Waals surface area contributed by atoms with Crippen LogP contribution >= 0.6 is 0 Å². The Bertz CT molecular complexity index is 678. The summed E-state index contributed by atoms with van der Waals surface area (Å²) in [5.41, 5.74) is 0.222. The zero-order valence-corrected chi connectivity index (χ0v) is 11.2. The molecule has 1 rings (SSSR count). The van der Waals surface area contributed by atoms with E-state index in [2.05, 4.69) is 5.32 Å². The van der Waals surface area contributed by atoms with Crippen LogP contribution in [0.3, 0.4) is 0 Å². The van der Waals surface area contributed by atoms with Gasteiger partial charge in [-0.25, -0.2) is 8.42 Å². The Hall–Kier alpha value is -2.51. The molecule has 7 heteroatoms. The molecular weight excluding hydrogens is 266 g/mol. The third kappa shape index (κ3) is 3.73. The molecule has 0 atom stereocenters. The van der Waals surface area contributed by atoms with Crippen LogP contribution in [0.15, 0.2) is 34.9 Å². The van der Waals surface area contributed by atoms with E-state index in [0.717, 1.165) is 6.26 Å². The Balaban J connectivity index is 3.23. The highest BCUT2D eigenvalue weighted by Crippen LogP contribution is 2.27. The first-order valence-corrected chi connectivity index (χ1v) is 6.96. The molecule has 0 heterocycles. The van der Waals surface area contributed by atoms with E-state index in [0.29, 0.717) is 11.4 Å². The molecule has 0 aliphatic carbocycles. The first-order chi connectivity index (χ1) is 8.92. The van der Waals surface area contributed by atoms with Crippen molar-refractivity contribution in [3.05, 3.63) is 30.0 Å². The van der Waals surface area contributed by atoms with Crippen molar-refractivity contribution in [2.24, 2.45) is 0 Å². The summed E-state index contributed by atoms with van der Waals surface area (Å²) in [6, 6.07) is 7.64. The lowest BCUT2D eigenvalue weighted by atomic mass is 10.3. The van der Waals surface area contributed by atoms with Crippen molar-refractivity contribution in [2.75, 3.05) is 18.7 Å². The van der Waals surface area contributed by atoms with Crippen LogP contribution in [0.5, 0.6) is 5.75 Å². The van der Waals surface area contributed by atoms with Gasteiger partial charge in [-0.2, -0.15) is 10.5 Å². The third-order valence-corrected chi connectivity index (χ3v) is 3.32. The Labute approximate surface area is 111 Å². The molecule has 0 spiro atoms. The van der Waals surface area contributed by atoms with Crippen LogP contribution in [-0.2, 0) is 9.84 Å². The molecule has 0 aliphatic rings. The normalized spacial score (nSPS) is 9.89. The highest BCUT2D eigenvalue weighted by atomic mass is 32.2. The predicted octanol–water partition coefficient (Wildman–Crippen LogP) is 1.44. The van der Waals surface area contributed by atoms with Gasteiger partial charge in [0.15, 0.2) is 9.84 Å². The van der Waals surface area contributed by atoms with Gasteiger partial charge >= 0.3 is 0 Å². The van der Waals surface area contributed by atoms with E-state index in [1.807, 2.05) is 0 Å². The molecule has 6 nitrogen and oxygen atoms in total. The number of ether oxygens (including phenoxy) is 1. The van der Waals surface area contributed by atoms with Gasteiger partial charge in [0.25, 0.3) is 0 Å². The van der Waals surface area contributed by atoms with Gasteiger partial charge in [0.2, 0.25) is 0 Å². The number of sulfone groups is 1. The summed E-state index contributed by atoms with van der Waals surface area (Å²) in [7, 11) is -1.92. The van der Waals surface area contributed by atoms with Crippen LogP contribution in [-0.4, -0.2) is 21.8 Å². The Kier molecular flexibility index (Phi) is 4.51. The molecule has 1 N–H and O–H groups in total. The fourth-order valence-corrected chi connectivity index (χ4v) is 1.92. The molecule has 0 aliphatic heterocycles. The lowest BCUT2D eigenvalue weighted by Gasteiger charge is -2.09. The van der Waals surface area contributed by atoms with Gasteiger partial charge < -0.3 is 10.1 Å². The van der Waals surface area contributed by atoms with Gasteiger partial charge in [0, 0.05) is 12.5 Å². The largest absolute Gasteiger partial charge is 0.495 e. The number of anilines is 1.